The van der Waals surface area contributed by atoms with Gasteiger partial charge in [0.15, 0.2) is 12.2 Å². The van der Waals surface area contributed by atoms with Gasteiger partial charge in [-0.15, -0.1) is 0 Å². The summed E-state index contributed by atoms with van der Waals surface area (Å²) < 4.78 is 68.5. The molecule has 0 fully saturated rings. The number of phosphoric ester groups is 2. The van der Waals surface area contributed by atoms with Crippen LogP contribution in [0.25, 0.3) is 0 Å². The third-order valence-corrected chi connectivity index (χ3v) is 20.2. The number of hydrogen-bond donors (Lipinski definition) is 3. The van der Waals surface area contributed by atoms with E-state index in [4.69, 9.17) is 37.0 Å². The highest BCUT2D eigenvalue weighted by Crippen LogP contribution is 2.45. The summed E-state index contributed by atoms with van der Waals surface area (Å²) in [6.07, 6.45) is 49.9. The van der Waals surface area contributed by atoms with E-state index in [1.54, 1.807) is 0 Å². The molecule has 0 aliphatic carbocycles. The second-order valence-corrected chi connectivity index (χ2v) is 31.7. The van der Waals surface area contributed by atoms with Crippen LogP contribution in [-0.2, 0) is 65.4 Å². The number of esters is 4. The summed E-state index contributed by atoms with van der Waals surface area (Å²) >= 11 is 0. The third-order valence-electron chi connectivity index (χ3n) is 18.3. The lowest BCUT2D eigenvalue weighted by Crippen LogP contribution is -2.30. The number of hydrogen-bond acceptors (Lipinski definition) is 15. The molecule has 95 heavy (non-hydrogen) atoms. The van der Waals surface area contributed by atoms with Crippen molar-refractivity contribution in [2.24, 2.45) is 23.7 Å². The number of aliphatic hydroxyl groups is 1. The van der Waals surface area contributed by atoms with E-state index in [2.05, 4.69) is 55.4 Å². The Morgan fingerprint density at radius 1 is 0.295 bits per heavy atom. The molecule has 17 nitrogen and oxygen atoms in total. The molecule has 0 aromatic rings. The lowest BCUT2D eigenvalue weighted by molar-refractivity contribution is -0.161. The molecule has 0 amide bonds. The quantitative estimate of drug-likeness (QED) is 0.0222. The predicted molar refractivity (Wildman–Crippen MR) is 386 cm³/mol. The topological polar surface area (TPSA) is 237 Å². The van der Waals surface area contributed by atoms with Crippen LogP contribution in [0.2, 0.25) is 0 Å². The molecule has 0 aromatic heterocycles. The fourth-order valence-corrected chi connectivity index (χ4v) is 13.1. The molecule has 0 aliphatic rings. The van der Waals surface area contributed by atoms with E-state index >= 15 is 0 Å². The van der Waals surface area contributed by atoms with Gasteiger partial charge in [-0.25, -0.2) is 9.13 Å². The van der Waals surface area contributed by atoms with Crippen molar-refractivity contribution in [3.63, 3.8) is 0 Å². The zero-order valence-corrected chi connectivity index (χ0v) is 64.1. The van der Waals surface area contributed by atoms with Crippen molar-refractivity contribution in [2.45, 2.75) is 401 Å². The van der Waals surface area contributed by atoms with Gasteiger partial charge in [-0.2, -0.15) is 0 Å². The Morgan fingerprint density at radius 2 is 0.505 bits per heavy atom. The summed E-state index contributed by atoms with van der Waals surface area (Å²) in [4.78, 5) is 72.8. The minimum absolute atomic E-state index is 0.105. The van der Waals surface area contributed by atoms with Gasteiger partial charge in [-0.05, 0) is 49.4 Å². The molecular formula is C76H148O17P2. The number of aliphatic hydroxyl groups excluding tert-OH is 1. The average Bonchev–Trinajstić information content (AvgIpc) is 3.07. The maximum absolute atomic E-state index is 13.1. The van der Waals surface area contributed by atoms with Gasteiger partial charge in [0.05, 0.1) is 26.4 Å². The van der Waals surface area contributed by atoms with Crippen molar-refractivity contribution in [1.82, 2.24) is 0 Å². The van der Waals surface area contributed by atoms with Crippen molar-refractivity contribution in [1.29, 1.82) is 0 Å². The lowest BCUT2D eigenvalue weighted by Gasteiger charge is -2.21. The summed E-state index contributed by atoms with van der Waals surface area (Å²) in [5.41, 5.74) is 0. The molecule has 0 aliphatic heterocycles. The zero-order chi connectivity index (χ0) is 70.3. The first kappa shape index (κ1) is 93.1. The fourth-order valence-electron chi connectivity index (χ4n) is 11.5. The van der Waals surface area contributed by atoms with E-state index in [1.807, 2.05) is 0 Å². The highest BCUT2D eigenvalue weighted by Gasteiger charge is 2.30. The highest BCUT2D eigenvalue weighted by molar-refractivity contribution is 7.47. The van der Waals surface area contributed by atoms with Gasteiger partial charge in [0.25, 0.3) is 0 Å². The Kier molecular flexibility index (Phi) is 64.0. The summed E-state index contributed by atoms with van der Waals surface area (Å²) in [5, 5.41) is 10.6. The van der Waals surface area contributed by atoms with Gasteiger partial charge in [0.2, 0.25) is 0 Å². The zero-order valence-electron chi connectivity index (χ0n) is 62.3. The fraction of sp³-hybridized carbons (Fsp3) is 0.947. The normalized spacial score (nSPS) is 14.7. The van der Waals surface area contributed by atoms with Crippen LogP contribution in [0.4, 0.5) is 0 Å². The smallest absolute Gasteiger partial charge is 0.462 e. The summed E-state index contributed by atoms with van der Waals surface area (Å²) in [6.45, 7) is 14.2. The van der Waals surface area contributed by atoms with Crippen molar-refractivity contribution < 1.29 is 80.2 Å². The van der Waals surface area contributed by atoms with Crippen LogP contribution < -0.4 is 0 Å². The van der Waals surface area contributed by atoms with Crippen LogP contribution in [0.15, 0.2) is 0 Å². The Morgan fingerprint density at radius 3 is 0.747 bits per heavy atom. The molecule has 3 N–H and O–H groups in total. The molecule has 0 spiro atoms. The molecule has 4 unspecified atom stereocenters. The largest absolute Gasteiger partial charge is 0.472 e. The van der Waals surface area contributed by atoms with Crippen LogP contribution in [0.1, 0.15) is 383 Å². The molecule has 0 saturated carbocycles. The number of unbranched alkanes of at least 4 members (excludes halogenated alkanes) is 37. The van der Waals surface area contributed by atoms with E-state index < -0.39 is 97.5 Å². The van der Waals surface area contributed by atoms with Crippen molar-refractivity contribution >= 4 is 39.5 Å². The van der Waals surface area contributed by atoms with E-state index in [9.17, 15) is 43.2 Å². The van der Waals surface area contributed by atoms with Gasteiger partial charge >= 0.3 is 39.5 Å². The molecule has 0 bridgehead atoms. The minimum Gasteiger partial charge on any atom is -0.462 e. The Hall–Kier alpha value is -1.94. The molecular weight excluding hydrogens is 1250 g/mol. The van der Waals surface area contributed by atoms with Gasteiger partial charge in [-0.3, -0.25) is 37.3 Å². The highest BCUT2D eigenvalue weighted by atomic mass is 31.2. The monoisotopic (exact) mass is 1400 g/mol. The van der Waals surface area contributed by atoms with Gasteiger partial charge < -0.3 is 33.8 Å². The Labute approximate surface area is 581 Å². The first-order valence-corrected chi connectivity index (χ1v) is 42.3. The Balaban J connectivity index is 5.24. The number of ether oxygens (including phenoxy) is 4. The standard InChI is InChI=1S/C76H148O17P2/c1-9-68(7)54-46-38-30-24-19-21-25-31-40-48-56-73(78)86-62-71(92-76(81)59-51-43-33-27-20-18-23-29-37-45-53-67(5)6)64-90-94(82,83)88-60-70(77)61-89-95(84,85)91-65-72(63-87-74(79)57-49-41-35-34-39-47-55-69(8)10-2)93-75(80)58-50-42-32-26-17-15-13-11-12-14-16-22-28-36-44-52-66(3)4/h66-72,77H,9-65H2,1-8H3,(H,82,83)(H,84,85)/t68?,69?,70-,71-,72-/m1/s1. The molecule has 564 valence electrons. The maximum atomic E-state index is 13.1. The summed E-state index contributed by atoms with van der Waals surface area (Å²) in [5.74, 6) is 0.973. The predicted octanol–water partition coefficient (Wildman–Crippen LogP) is 22.0. The Bertz CT molecular complexity index is 1870. The second kappa shape index (κ2) is 65.4. The molecule has 0 heterocycles. The van der Waals surface area contributed by atoms with E-state index in [-0.39, 0.29) is 25.7 Å². The van der Waals surface area contributed by atoms with Crippen LogP contribution in [0.3, 0.4) is 0 Å². The van der Waals surface area contributed by atoms with E-state index in [1.165, 1.54) is 180 Å². The number of carbonyl (C=O) groups excluding carboxylic acids is 4. The van der Waals surface area contributed by atoms with E-state index in [0.717, 1.165) is 120 Å². The van der Waals surface area contributed by atoms with Crippen molar-refractivity contribution in [3.8, 4) is 0 Å². The maximum Gasteiger partial charge on any atom is 0.472 e. The van der Waals surface area contributed by atoms with Gasteiger partial charge in [0.1, 0.15) is 19.3 Å². The van der Waals surface area contributed by atoms with Crippen LogP contribution in [0, 0.1) is 23.7 Å². The SMILES string of the molecule is CCC(C)CCCCCCCCCCCCC(=O)OC[C@H](COP(=O)(O)OC[C@@H](O)COP(=O)(O)OC[C@@H](COC(=O)CCCCCCCCC(C)CC)OC(=O)CCCCCCCCCCCCCCCCCC(C)C)OC(=O)CCCCCCCCCCCCC(C)C. The first-order valence-electron chi connectivity index (χ1n) is 39.3. The summed E-state index contributed by atoms with van der Waals surface area (Å²) in [6, 6.07) is 0. The van der Waals surface area contributed by atoms with Crippen LogP contribution in [-0.4, -0.2) is 96.7 Å². The first-order chi connectivity index (χ1) is 45.7. The van der Waals surface area contributed by atoms with Crippen molar-refractivity contribution in [2.75, 3.05) is 39.6 Å². The van der Waals surface area contributed by atoms with Crippen LogP contribution in [0.5, 0.6) is 0 Å². The molecule has 0 aromatic carbocycles. The van der Waals surface area contributed by atoms with Crippen molar-refractivity contribution in [3.05, 3.63) is 0 Å². The summed E-state index contributed by atoms with van der Waals surface area (Å²) in [7, 11) is -9.91. The lowest BCUT2D eigenvalue weighted by atomic mass is 9.99. The molecule has 7 atom stereocenters. The second-order valence-electron chi connectivity index (χ2n) is 28.8. The number of phosphoric acid groups is 2. The number of rotatable bonds is 73. The minimum atomic E-state index is -4.96. The molecule has 0 radical (unpaired) electrons. The molecule has 0 rings (SSSR count). The number of carbonyl (C=O) groups is 4. The van der Waals surface area contributed by atoms with Crippen LogP contribution >= 0.6 is 15.6 Å². The van der Waals surface area contributed by atoms with Gasteiger partial charge in [-0.1, -0.05) is 331 Å². The molecule has 0 saturated heterocycles. The third kappa shape index (κ3) is 67.6. The molecule has 19 heteroatoms. The average molecular weight is 1400 g/mol. The van der Waals surface area contributed by atoms with E-state index in [0.29, 0.717) is 25.7 Å². The van der Waals surface area contributed by atoms with Gasteiger partial charge in [0, 0.05) is 25.7 Å².